The molecule has 0 radical (unpaired) electrons. The van der Waals surface area contributed by atoms with E-state index in [1.54, 1.807) is 7.05 Å². The number of nitrogens with zero attached hydrogens (tertiary/aromatic N) is 3. The van der Waals surface area contributed by atoms with Gasteiger partial charge in [0, 0.05) is 13.1 Å². The van der Waals surface area contributed by atoms with Crippen LogP contribution in [0.2, 0.25) is 0 Å². The molecule has 1 aromatic rings. The van der Waals surface area contributed by atoms with E-state index in [0.29, 0.717) is 5.16 Å². The van der Waals surface area contributed by atoms with E-state index in [1.165, 1.54) is 27.3 Å². The third-order valence-electron chi connectivity index (χ3n) is 3.30. The van der Waals surface area contributed by atoms with Crippen LogP contribution in [0.1, 0.15) is 38.1 Å². The molecule has 0 unspecified atom stereocenters. The maximum Gasteiger partial charge on any atom is 0.354 e. The molecule has 0 aliphatic heterocycles. The van der Waals surface area contributed by atoms with E-state index in [0.717, 1.165) is 25.7 Å². The van der Waals surface area contributed by atoms with Crippen LogP contribution in [-0.2, 0) is 7.05 Å². The van der Waals surface area contributed by atoms with Gasteiger partial charge in [0.25, 0.3) is 0 Å². The van der Waals surface area contributed by atoms with Crippen LogP contribution in [0.3, 0.4) is 0 Å². The summed E-state index contributed by atoms with van der Waals surface area (Å²) in [5.41, 5.74) is -0.634. The molecule has 0 atom stereocenters. The van der Waals surface area contributed by atoms with Crippen molar-refractivity contribution in [3.8, 4) is 0 Å². The second kappa shape index (κ2) is 5.08. The van der Waals surface area contributed by atoms with E-state index < -0.39 is 5.69 Å². The molecule has 94 valence electrons. The summed E-state index contributed by atoms with van der Waals surface area (Å²) in [6, 6.07) is 0.0401. The molecule has 0 aromatic carbocycles. The van der Waals surface area contributed by atoms with Gasteiger partial charge in [-0.15, -0.1) is 0 Å². The van der Waals surface area contributed by atoms with E-state index in [9.17, 15) is 9.59 Å². The van der Waals surface area contributed by atoms with Crippen molar-refractivity contribution in [3.05, 3.63) is 21.0 Å². The highest BCUT2D eigenvalue weighted by molar-refractivity contribution is 7.98. The highest BCUT2D eigenvalue weighted by Crippen LogP contribution is 2.25. The largest absolute Gasteiger partial charge is 0.354 e. The van der Waals surface area contributed by atoms with Crippen molar-refractivity contribution in [2.45, 2.75) is 43.3 Å². The van der Waals surface area contributed by atoms with Gasteiger partial charge in [0.05, 0.1) is 0 Å². The molecule has 0 saturated heterocycles. The van der Waals surface area contributed by atoms with E-state index >= 15 is 0 Å². The molecule has 1 saturated carbocycles. The van der Waals surface area contributed by atoms with Crippen LogP contribution < -0.4 is 11.4 Å². The van der Waals surface area contributed by atoms with Crippen LogP contribution in [0.15, 0.2) is 14.7 Å². The average molecular weight is 255 g/mol. The van der Waals surface area contributed by atoms with Crippen LogP contribution in [0.4, 0.5) is 0 Å². The normalized spacial score (nSPS) is 17.3. The van der Waals surface area contributed by atoms with Crippen LogP contribution in [0.25, 0.3) is 0 Å². The minimum absolute atomic E-state index is 0.0401. The Kier molecular flexibility index (Phi) is 3.71. The van der Waals surface area contributed by atoms with Crippen LogP contribution in [0.5, 0.6) is 0 Å². The van der Waals surface area contributed by atoms with Gasteiger partial charge >= 0.3 is 11.4 Å². The van der Waals surface area contributed by atoms with Gasteiger partial charge < -0.3 is 0 Å². The van der Waals surface area contributed by atoms with Crippen molar-refractivity contribution in [2.24, 2.45) is 7.05 Å². The maximum absolute atomic E-state index is 12.1. The first-order valence-electron chi connectivity index (χ1n) is 5.88. The molecular weight excluding hydrogens is 238 g/mol. The van der Waals surface area contributed by atoms with Crippen molar-refractivity contribution in [2.75, 3.05) is 6.26 Å². The van der Waals surface area contributed by atoms with Crippen LogP contribution in [-0.4, -0.2) is 20.4 Å². The van der Waals surface area contributed by atoms with Gasteiger partial charge in [0.1, 0.15) is 0 Å². The van der Waals surface area contributed by atoms with Gasteiger partial charge in [-0.05, 0) is 19.1 Å². The molecule has 0 N–H and O–H groups in total. The van der Waals surface area contributed by atoms with Crippen molar-refractivity contribution in [3.63, 3.8) is 0 Å². The van der Waals surface area contributed by atoms with Crippen molar-refractivity contribution in [1.29, 1.82) is 0 Å². The van der Waals surface area contributed by atoms with Gasteiger partial charge in [-0.3, -0.25) is 4.57 Å². The fourth-order valence-corrected chi connectivity index (χ4v) is 2.89. The Balaban J connectivity index is 2.50. The molecule has 5 nitrogen and oxygen atoms in total. The Morgan fingerprint density at radius 2 is 1.88 bits per heavy atom. The molecule has 1 fully saturated rings. The Labute approximate surface area is 104 Å². The van der Waals surface area contributed by atoms with Crippen molar-refractivity contribution >= 4 is 11.8 Å². The summed E-state index contributed by atoms with van der Waals surface area (Å²) in [7, 11) is 1.67. The Morgan fingerprint density at radius 1 is 1.24 bits per heavy atom. The lowest BCUT2D eigenvalue weighted by Gasteiger charge is -2.23. The number of thioether (sulfide) groups is 1. The van der Waals surface area contributed by atoms with Gasteiger partial charge in [-0.1, -0.05) is 31.0 Å². The fourth-order valence-electron chi connectivity index (χ4n) is 2.37. The highest BCUT2D eigenvalue weighted by Gasteiger charge is 2.20. The fraction of sp³-hybridized carbons (Fsp3) is 0.727. The molecule has 1 aliphatic carbocycles. The predicted molar refractivity (Wildman–Crippen MR) is 67.6 cm³/mol. The molecular formula is C11H17N3O2S. The third-order valence-corrected chi connectivity index (χ3v) is 4.03. The summed E-state index contributed by atoms with van der Waals surface area (Å²) < 4.78 is 2.79. The van der Waals surface area contributed by atoms with Gasteiger partial charge in [-0.2, -0.15) is 4.98 Å². The summed E-state index contributed by atoms with van der Waals surface area (Å²) in [5, 5.41) is 0.479. The number of aromatic nitrogens is 3. The second-order valence-corrected chi connectivity index (χ2v) is 5.16. The van der Waals surface area contributed by atoms with E-state index in [2.05, 4.69) is 4.98 Å². The Morgan fingerprint density at radius 3 is 2.47 bits per heavy atom. The lowest BCUT2D eigenvalue weighted by Crippen LogP contribution is -2.44. The molecule has 2 rings (SSSR count). The minimum Gasteiger partial charge on any atom is -0.275 e. The summed E-state index contributed by atoms with van der Waals surface area (Å²) in [5.74, 6) is 0. The molecule has 1 aromatic heterocycles. The first-order chi connectivity index (χ1) is 8.15. The molecule has 17 heavy (non-hydrogen) atoms. The Hall–Kier alpha value is -1.04. The number of rotatable bonds is 2. The molecule has 0 bridgehead atoms. The topological polar surface area (TPSA) is 56.9 Å². The lowest BCUT2D eigenvalue weighted by atomic mass is 9.95. The van der Waals surface area contributed by atoms with Crippen LogP contribution in [0, 0.1) is 0 Å². The monoisotopic (exact) mass is 255 g/mol. The van der Waals surface area contributed by atoms with Gasteiger partial charge in [-0.25, -0.2) is 14.2 Å². The molecule has 0 amide bonds. The minimum atomic E-state index is -0.399. The maximum atomic E-state index is 12.1. The van der Waals surface area contributed by atoms with Gasteiger partial charge in [0.15, 0.2) is 5.16 Å². The van der Waals surface area contributed by atoms with E-state index in [-0.39, 0.29) is 11.7 Å². The average Bonchev–Trinajstić information content (AvgIpc) is 2.35. The number of hydrogen-bond donors (Lipinski definition) is 0. The third kappa shape index (κ3) is 2.31. The molecule has 0 spiro atoms. The van der Waals surface area contributed by atoms with Crippen LogP contribution >= 0.6 is 11.8 Å². The van der Waals surface area contributed by atoms with E-state index in [4.69, 9.17) is 0 Å². The molecule has 1 heterocycles. The number of hydrogen-bond acceptors (Lipinski definition) is 4. The first kappa shape index (κ1) is 12.4. The molecule has 6 heteroatoms. The van der Waals surface area contributed by atoms with Gasteiger partial charge in [0.2, 0.25) is 0 Å². The zero-order valence-electron chi connectivity index (χ0n) is 10.2. The summed E-state index contributed by atoms with van der Waals surface area (Å²) >= 11 is 1.32. The summed E-state index contributed by atoms with van der Waals surface area (Å²) in [6.45, 7) is 0. The highest BCUT2D eigenvalue weighted by atomic mass is 32.2. The standard InChI is InChI=1S/C11H17N3O2S/c1-13-10(17-2)12-9(15)14(11(13)16)8-6-4-3-5-7-8/h8H,3-7H2,1-2H3. The summed E-state index contributed by atoms with van der Waals surface area (Å²) in [6.07, 6.45) is 7.01. The SMILES string of the molecule is CSc1nc(=O)n(C2CCCCC2)c(=O)n1C. The first-order valence-corrected chi connectivity index (χ1v) is 7.11. The van der Waals surface area contributed by atoms with E-state index in [1.807, 2.05) is 6.26 Å². The Bertz CT molecular complexity index is 514. The predicted octanol–water partition coefficient (Wildman–Crippen LogP) is 1.17. The smallest absolute Gasteiger partial charge is 0.275 e. The quantitative estimate of drug-likeness (QED) is 0.744. The summed E-state index contributed by atoms with van der Waals surface area (Å²) in [4.78, 5) is 28.0. The van der Waals surface area contributed by atoms with Crippen molar-refractivity contribution in [1.82, 2.24) is 14.1 Å². The van der Waals surface area contributed by atoms with Crippen molar-refractivity contribution < 1.29 is 0 Å². The molecule has 1 aliphatic rings. The zero-order chi connectivity index (χ0) is 12.4. The second-order valence-electron chi connectivity index (χ2n) is 4.38. The lowest BCUT2D eigenvalue weighted by molar-refractivity contribution is 0.321. The zero-order valence-corrected chi connectivity index (χ0v) is 11.0.